The van der Waals surface area contributed by atoms with Gasteiger partial charge in [0, 0.05) is 11.0 Å². The SMILES string of the molecule is Cc1ccc2ccc3c(c2c1C)C(C)(C)c1c-3ncnc1-c1[c-]ccc2cc(C(C)(C)C)ccc12.[Ir+3].c1ccc(C([N-]C2CCCCC2)[N-]C2CCCCC2)cc1. The van der Waals surface area contributed by atoms with Crippen molar-refractivity contribution in [3.05, 3.63) is 141 Å². The Morgan fingerprint density at radius 2 is 1.33 bits per heavy atom. The molecule has 0 aliphatic heterocycles. The van der Waals surface area contributed by atoms with Crippen LogP contribution in [0.4, 0.5) is 0 Å². The Morgan fingerprint density at radius 1 is 0.702 bits per heavy atom. The summed E-state index contributed by atoms with van der Waals surface area (Å²) in [5.41, 5.74) is 12.0. The standard InChI is InChI=1S/C33H31N2.C19H28N2.Ir/c1-19-11-12-21-13-15-26-28(27(21)20(19)2)33(6,7)29-30(34-18-35-31(26)29)25-10-8-9-22-17-23(32(3,4)5)14-16-24(22)25;1-4-10-16(11-5-1)19(20-17-12-6-2-7-13-17)21-18-14-8-3-9-15-18;/h8-9,11-18H,1-7H3;1,4-5,10-11,17-19H,2-3,6-9,12-15H2;/q-1;-2;+3. The minimum absolute atomic E-state index is 0. The molecule has 5 heteroatoms. The van der Waals surface area contributed by atoms with Crippen LogP contribution in [0.5, 0.6) is 0 Å². The van der Waals surface area contributed by atoms with Gasteiger partial charge in [0.15, 0.2) is 0 Å². The van der Waals surface area contributed by atoms with Gasteiger partial charge in [0.1, 0.15) is 6.33 Å². The summed E-state index contributed by atoms with van der Waals surface area (Å²) < 4.78 is 0. The minimum atomic E-state index is -0.235. The van der Waals surface area contributed by atoms with Crippen molar-refractivity contribution in [3.63, 3.8) is 0 Å². The van der Waals surface area contributed by atoms with Gasteiger partial charge in [0.05, 0.1) is 5.69 Å². The number of hydrogen-bond donors (Lipinski definition) is 0. The number of aryl methyl sites for hydroxylation is 2. The van der Waals surface area contributed by atoms with Crippen molar-refractivity contribution in [1.29, 1.82) is 0 Å². The molecular formula is C52H59IrN4. The first-order valence-corrected chi connectivity index (χ1v) is 21.3. The Balaban J connectivity index is 0.000000193. The molecule has 0 spiro atoms. The molecule has 296 valence electrons. The van der Waals surface area contributed by atoms with E-state index in [1.807, 2.05) is 6.07 Å². The van der Waals surface area contributed by atoms with Crippen LogP contribution in [0.3, 0.4) is 0 Å². The number of nitrogens with zero attached hydrogens (tertiary/aromatic N) is 4. The molecule has 0 saturated heterocycles. The molecule has 57 heavy (non-hydrogen) atoms. The first-order chi connectivity index (χ1) is 27.0. The third kappa shape index (κ3) is 8.42. The van der Waals surface area contributed by atoms with Gasteiger partial charge in [-0.3, -0.25) is 4.98 Å². The second-order valence-electron chi connectivity index (χ2n) is 18.2. The molecule has 0 bridgehead atoms. The van der Waals surface area contributed by atoms with Gasteiger partial charge in [-0.25, -0.2) is 11.1 Å². The maximum Gasteiger partial charge on any atom is 3.00 e. The van der Waals surface area contributed by atoms with Crippen LogP contribution in [0.2, 0.25) is 0 Å². The van der Waals surface area contributed by atoms with Gasteiger partial charge in [-0.05, 0) is 63.5 Å². The molecule has 2 saturated carbocycles. The van der Waals surface area contributed by atoms with E-state index in [0.29, 0.717) is 12.1 Å². The van der Waals surface area contributed by atoms with Gasteiger partial charge in [-0.1, -0.05) is 183 Å². The topological polar surface area (TPSA) is 54.0 Å². The Bertz CT molecular complexity index is 2310. The number of fused-ring (bicyclic) bond motifs is 6. The number of rotatable bonds is 6. The van der Waals surface area contributed by atoms with Gasteiger partial charge < -0.3 is 10.6 Å². The zero-order valence-corrected chi connectivity index (χ0v) is 37.5. The summed E-state index contributed by atoms with van der Waals surface area (Å²) in [4.78, 5) is 9.74. The number of aromatic nitrogens is 2. The average molecular weight is 932 g/mol. The van der Waals surface area contributed by atoms with Crippen molar-refractivity contribution in [1.82, 2.24) is 9.97 Å². The van der Waals surface area contributed by atoms with E-state index >= 15 is 0 Å². The Kier molecular flexibility index (Phi) is 12.5. The molecule has 0 amide bonds. The first kappa shape index (κ1) is 41.4. The molecule has 0 atom stereocenters. The van der Waals surface area contributed by atoms with Gasteiger partial charge in [-0.15, -0.1) is 41.2 Å². The Hall–Kier alpha value is -3.73. The van der Waals surface area contributed by atoms with Crippen molar-refractivity contribution in [2.45, 2.75) is 142 Å². The summed E-state index contributed by atoms with van der Waals surface area (Å²) in [6.07, 6.45) is 15.0. The van der Waals surface area contributed by atoms with Crippen LogP contribution >= 0.6 is 0 Å². The predicted octanol–water partition coefficient (Wildman–Crippen LogP) is 14.6. The van der Waals surface area contributed by atoms with E-state index < -0.39 is 0 Å². The van der Waals surface area contributed by atoms with Crippen molar-refractivity contribution < 1.29 is 20.1 Å². The fourth-order valence-corrected chi connectivity index (χ4v) is 9.62. The van der Waals surface area contributed by atoms with E-state index in [-0.39, 0.29) is 37.1 Å². The quantitative estimate of drug-likeness (QED) is 0.156. The second kappa shape index (κ2) is 17.2. The van der Waals surface area contributed by atoms with Crippen LogP contribution < -0.4 is 0 Å². The van der Waals surface area contributed by atoms with Crippen LogP contribution in [0.25, 0.3) is 54.7 Å². The minimum Gasteiger partial charge on any atom is -0.671 e. The molecule has 9 rings (SSSR count). The van der Waals surface area contributed by atoms with Crippen LogP contribution in [-0.4, -0.2) is 22.1 Å². The van der Waals surface area contributed by atoms with Crippen LogP contribution in [0.15, 0.2) is 91.3 Å². The zero-order valence-electron chi connectivity index (χ0n) is 35.1. The maximum absolute atomic E-state index is 5.13. The summed E-state index contributed by atoms with van der Waals surface area (Å²) in [5, 5.41) is 15.3. The van der Waals surface area contributed by atoms with Crippen LogP contribution in [0, 0.1) is 19.9 Å². The third-order valence-corrected chi connectivity index (χ3v) is 12.9. The van der Waals surface area contributed by atoms with Crippen LogP contribution in [-0.2, 0) is 30.9 Å². The summed E-state index contributed by atoms with van der Waals surface area (Å²) in [5.74, 6) is 0. The largest absolute Gasteiger partial charge is 3.00 e. The smallest absolute Gasteiger partial charge is 0.671 e. The van der Waals surface area contributed by atoms with Crippen molar-refractivity contribution in [2.75, 3.05) is 0 Å². The number of hydrogen-bond acceptors (Lipinski definition) is 2. The molecule has 4 nitrogen and oxygen atoms in total. The van der Waals surface area contributed by atoms with Crippen LogP contribution in [0.1, 0.15) is 138 Å². The molecular weight excluding hydrogens is 873 g/mol. The Labute approximate surface area is 355 Å². The van der Waals surface area contributed by atoms with Gasteiger partial charge >= 0.3 is 20.1 Å². The summed E-state index contributed by atoms with van der Waals surface area (Å²) in [6, 6.07) is 35.3. The molecule has 3 aliphatic rings. The van der Waals surface area contributed by atoms with Crippen molar-refractivity contribution in [2.24, 2.45) is 0 Å². The van der Waals surface area contributed by atoms with E-state index in [0.717, 1.165) is 17.0 Å². The first-order valence-electron chi connectivity index (χ1n) is 21.3. The molecule has 2 fully saturated rings. The normalized spacial score (nSPS) is 16.8. The van der Waals surface area contributed by atoms with E-state index in [9.17, 15) is 0 Å². The van der Waals surface area contributed by atoms with E-state index in [1.165, 1.54) is 125 Å². The fourth-order valence-electron chi connectivity index (χ4n) is 9.62. The third-order valence-electron chi connectivity index (χ3n) is 12.9. The van der Waals surface area contributed by atoms with Gasteiger partial charge in [0.2, 0.25) is 0 Å². The van der Waals surface area contributed by atoms with Gasteiger partial charge in [-0.2, -0.15) is 0 Å². The molecule has 0 unspecified atom stereocenters. The molecule has 6 aromatic rings. The molecule has 1 heterocycles. The van der Waals surface area contributed by atoms with E-state index in [4.69, 9.17) is 20.6 Å². The molecule has 3 aliphatic carbocycles. The average Bonchev–Trinajstić information content (AvgIpc) is 3.45. The second-order valence-corrected chi connectivity index (χ2v) is 18.2. The zero-order chi connectivity index (χ0) is 39.0. The van der Waals surface area contributed by atoms with E-state index in [1.54, 1.807) is 6.33 Å². The van der Waals surface area contributed by atoms with Crippen molar-refractivity contribution >= 4 is 21.5 Å². The molecule has 5 aromatic carbocycles. The summed E-state index contributed by atoms with van der Waals surface area (Å²) in [7, 11) is 0. The fraction of sp³-hybridized carbons (Fsp3) is 0.423. The van der Waals surface area contributed by atoms with Gasteiger partial charge in [0.25, 0.3) is 0 Å². The van der Waals surface area contributed by atoms with E-state index in [2.05, 4.69) is 133 Å². The number of benzene rings is 5. The predicted molar refractivity (Wildman–Crippen MR) is 237 cm³/mol. The molecule has 0 N–H and O–H groups in total. The molecule has 1 aromatic heterocycles. The maximum atomic E-state index is 5.13. The monoisotopic (exact) mass is 932 g/mol. The Morgan fingerprint density at radius 3 is 1.98 bits per heavy atom. The van der Waals surface area contributed by atoms with Crippen molar-refractivity contribution in [3.8, 4) is 22.5 Å². The molecule has 0 radical (unpaired) electrons. The summed E-state index contributed by atoms with van der Waals surface area (Å²) >= 11 is 0. The summed E-state index contributed by atoms with van der Waals surface area (Å²) in [6.45, 7) is 15.9.